The molecule has 1 aromatic heterocycles. The normalized spacial score (nSPS) is 9.88. The number of hydrogen-bond donors (Lipinski definition) is 3. The average Bonchev–Trinajstić information content (AvgIpc) is 2.28. The largest absolute Gasteiger partial charge is 0.370 e. The molecule has 0 radical (unpaired) electrons. The fraction of sp³-hybridized carbons (Fsp3) is 0.364. The van der Waals surface area contributed by atoms with Gasteiger partial charge in [-0.25, -0.2) is 0 Å². The Morgan fingerprint density at radius 1 is 1.35 bits per heavy atom. The van der Waals surface area contributed by atoms with Gasteiger partial charge in [-0.1, -0.05) is 0 Å². The average molecular weight is 237 g/mol. The van der Waals surface area contributed by atoms with Gasteiger partial charge in [0.05, 0.1) is 0 Å². The zero-order valence-electron chi connectivity index (χ0n) is 9.36. The molecule has 1 aromatic rings. The lowest BCUT2D eigenvalue weighted by Gasteiger charge is -2.03. The molecule has 92 valence electrons. The summed E-state index contributed by atoms with van der Waals surface area (Å²) in [6.45, 7) is 0.457. The Hall–Kier alpha value is -2.11. The standard InChI is InChI=1S/C11H15N3O3/c12-9(15)3-1-2-5-14-11(17)8-4-6-13-10(16)7-8/h4,6-7H,1-3,5H2,(H2,12,15)(H,13,16)(H,14,17). The molecule has 0 aliphatic rings. The summed E-state index contributed by atoms with van der Waals surface area (Å²) in [6.07, 6.45) is 3.06. The second-order valence-electron chi connectivity index (χ2n) is 3.62. The summed E-state index contributed by atoms with van der Waals surface area (Å²) in [4.78, 5) is 35.4. The van der Waals surface area contributed by atoms with Crippen LogP contribution in [-0.2, 0) is 4.79 Å². The minimum absolute atomic E-state index is 0.296. The van der Waals surface area contributed by atoms with Gasteiger partial charge in [0.15, 0.2) is 0 Å². The van der Waals surface area contributed by atoms with E-state index in [9.17, 15) is 14.4 Å². The Labute approximate surface area is 98.2 Å². The van der Waals surface area contributed by atoms with E-state index in [-0.39, 0.29) is 17.4 Å². The van der Waals surface area contributed by atoms with Gasteiger partial charge in [0, 0.05) is 30.8 Å². The maximum Gasteiger partial charge on any atom is 0.251 e. The fourth-order valence-electron chi connectivity index (χ4n) is 1.31. The number of unbranched alkanes of at least 4 members (excludes halogenated alkanes) is 1. The van der Waals surface area contributed by atoms with Gasteiger partial charge in [-0.15, -0.1) is 0 Å². The van der Waals surface area contributed by atoms with Gasteiger partial charge < -0.3 is 16.0 Å². The fourth-order valence-corrected chi connectivity index (χ4v) is 1.31. The van der Waals surface area contributed by atoms with Crippen molar-refractivity contribution in [3.05, 3.63) is 34.2 Å². The smallest absolute Gasteiger partial charge is 0.251 e. The van der Waals surface area contributed by atoms with Crippen LogP contribution in [-0.4, -0.2) is 23.3 Å². The monoisotopic (exact) mass is 237 g/mol. The van der Waals surface area contributed by atoms with Crippen LogP contribution < -0.4 is 16.6 Å². The number of primary amides is 1. The van der Waals surface area contributed by atoms with Crippen LogP contribution in [0.2, 0.25) is 0 Å². The molecule has 0 aromatic carbocycles. The zero-order chi connectivity index (χ0) is 12.7. The second-order valence-corrected chi connectivity index (χ2v) is 3.62. The number of carbonyl (C=O) groups is 2. The SMILES string of the molecule is NC(=O)CCCCNC(=O)c1cc[nH]c(=O)c1. The van der Waals surface area contributed by atoms with Crippen molar-refractivity contribution < 1.29 is 9.59 Å². The second kappa shape index (κ2) is 6.47. The van der Waals surface area contributed by atoms with E-state index in [1.807, 2.05) is 0 Å². The zero-order valence-corrected chi connectivity index (χ0v) is 9.36. The Kier molecular flexibility index (Phi) is 4.93. The molecule has 0 saturated heterocycles. The molecule has 1 heterocycles. The molecule has 4 N–H and O–H groups in total. The number of nitrogens with two attached hydrogens (primary N) is 1. The van der Waals surface area contributed by atoms with Crippen LogP contribution >= 0.6 is 0 Å². The Bertz CT molecular complexity index is 453. The van der Waals surface area contributed by atoms with Crippen molar-refractivity contribution in [1.82, 2.24) is 10.3 Å². The molecule has 2 amide bonds. The molecule has 0 unspecified atom stereocenters. The molecule has 0 aliphatic carbocycles. The van der Waals surface area contributed by atoms with Crippen molar-refractivity contribution in [2.45, 2.75) is 19.3 Å². The van der Waals surface area contributed by atoms with E-state index in [1.165, 1.54) is 18.3 Å². The predicted octanol–water partition coefficient (Wildman–Crippen LogP) is -0.240. The number of amides is 2. The van der Waals surface area contributed by atoms with Crippen molar-refractivity contribution in [3.8, 4) is 0 Å². The molecule has 0 atom stereocenters. The van der Waals surface area contributed by atoms with Crippen LogP contribution in [0.15, 0.2) is 23.1 Å². The van der Waals surface area contributed by atoms with Crippen molar-refractivity contribution >= 4 is 11.8 Å². The summed E-state index contributed by atoms with van der Waals surface area (Å²) in [5.74, 6) is -0.638. The highest BCUT2D eigenvalue weighted by Gasteiger charge is 2.04. The van der Waals surface area contributed by atoms with E-state index in [0.717, 1.165) is 0 Å². The number of rotatable bonds is 6. The Morgan fingerprint density at radius 3 is 2.76 bits per heavy atom. The number of nitrogens with one attached hydrogen (secondary N) is 2. The van der Waals surface area contributed by atoms with E-state index >= 15 is 0 Å². The topological polar surface area (TPSA) is 105 Å². The minimum Gasteiger partial charge on any atom is -0.370 e. The third-order valence-electron chi connectivity index (χ3n) is 2.17. The van der Waals surface area contributed by atoms with Crippen molar-refractivity contribution in [3.63, 3.8) is 0 Å². The van der Waals surface area contributed by atoms with Crippen LogP contribution in [0.25, 0.3) is 0 Å². The maximum absolute atomic E-state index is 11.5. The van der Waals surface area contributed by atoms with Crippen LogP contribution in [0.4, 0.5) is 0 Å². The number of H-pyrrole nitrogens is 1. The number of hydrogen-bond acceptors (Lipinski definition) is 3. The van der Waals surface area contributed by atoms with Crippen molar-refractivity contribution in [2.24, 2.45) is 5.73 Å². The Balaban J connectivity index is 2.30. The van der Waals surface area contributed by atoms with Crippen LogP contribution in [0.1, 0.15) is 29.6 Å². The lowest BCUT2D eigenvalue weighted by Crippen LogP contribution is -2.25. The molecule has 0 saturated carbocycles. The maximum atomic E-state index is 11.5. The first-order valence-corrected chi connectivity index (χ1v) is 5.35. The molecule has 1 rings (SSSR count). The van der Waals surface area contributed by atoms with Gasteiger partial charge in [-0.05, 0) is 18.9 Å². The first-order valence-electron chi connectivity index (χ1n) is 5.35. The van der Waals surface area contributed by atoms with Crippen LogP contribution in [0.3, 0.4) is 0 Å². The van der Waals surface area contributed by atoms with Crippen LogP contribution in [0, 0.1) is 0 Å². The quantitative estimate of drug-likeness (QED) is 0.594. The number of aromatic nitrogens is 1. The molecular formula is C11H15N3O3. The van der Waals surface area contributed by atoms with Crippen molar-refractivity contribution in [1.29, 1.82) is 0 Å². The summed E-state index contributed by atoms with van der Waals surface area (Å²) in [5.41, 5.74) is 4.99. The highest BCUT2D eigenvalue weighted by Crippen LogP contribution is 1.95. The summed E-state index contributed by atoms with van der Waals surface area (Å²) >= 11 is 0. The van der Waals surface area contributed by atoms with E-state index in [1.54, 1.807) is 0 Å². The lowest BCUT2D eigenvalue weighted by atomic mass is 10.2. The molecule has 0 fully saturated rings. The van der Waals surface area contributed by atoms with Crippen molar-refractivity contribution in [2.75, 3.05) is 6.54 Å². The van der Waals surface area contributed by atoms with E-state index in [4.69, 9.17) is 5.73 Å². The van der Waals surface area contributed by atoms with Gasteiger partial charge in [0.2, 0.25) is 11.5 Å². The van der Waals surface area contributed by atoms with E-state index < -0.39 is 0 Å². The van der Waals surface area contributed by atoms with Gasteiger partial charge >= 0.3 is 0 Å². The van der Waals surface area contributed by atoms with Gasteiger partial charge in [-0.3, -0.25) is 14.4 Å². The predicted molar refractivity (Wildman–Crippen MR) is 62.4 cm³/mol. The third-order valence-corrected chi connectivity index (χ3v) is 2.17. The van der Waals surface area contributed by atoms with Gasteiger partial charge in [0.25, 0.3) is 5.91 Å². The summed E-state index contributed by atoms with van der Waals surface area (Å²) in [5, 5.41) is 2.66. The first-order chi connectivity index (χ1) is 8.09. The Morgan fingerprint density at radius 2 is 2.12 bits per heavy atom. The summed E-state index contributed by atoms with van der Waals surface area (Å²) in [7, 11) is 0. The lowest BCUT2D eigenvalue weighted by molar-refractivity contribution is -0.118. The first kappa shape index (κ1) is 13.0. The third kappa shape index (κ3) is 4.96. The van der Waals surface area contributed by atoms with Gasteiger partial charge in [0.1, 0.15) is 0 Å². The molecule has 6 heteroatoms. The highest BCUT2D eigenvalue weighted by atomic mass is 16.2. The van der Waals surface area contributed by atoms with Gasteiger partial charge in [-0.2, -0.15) is 0 Å². The molecule has 0 bridgehead atoms. The number of carbonyl (C=O) groups excluding carboxylic acids is 2. The summed E-state index contributed by atoms with van der Waals surface area (Å²) in [6, 6.07) is 2.76. The molecule has 6 nitrogen and oxygen atoms in total. The van der Waals surface area contributed by atoms with E-state index in [2.05, 4.69) is 10.3 Å². The minimum atomic E-state index is -0.342. The molecule has 0 aliphatic heterocycles. The molecule has 17 heavy (non-hydrogen) atoms. The highest BCUT2D eigenvalue weighted by molar-refractivity contribution is 5.93. The van der Waals surface area contributed by atoms with E-state index in [0.29, 0.717) is 31.4 Å². The summed E-state index contributed by atoms with van der Waals surface area (Å²) < 4.78 is 0. The van der Waals surface area contributed by atoms with Crippen LogP contribution in [0.5, 0.6) is 0 Å². The number of pyridine rings is 1. The molecular weight excluding hydrogens is 222 g/mol. The number of aromatic amines is 1. The molecule has 0 spiro atoms.